The van der Waals surface area contributed by atoms with Crippen LogP contribution in [0, 0.1) is 0 Å². The number of carbonyl (C=O) groups is 2. The van der Waals surface area contributed by atoms with Gasteiger partial charge in [0.2, 0.25) is 5.91 Å². The first-order chi connectivity index (χ1) is 10.2. The van der Waals surface area contributed by atoms with Gasteiger partial charge in [-0.3, -0.25) is 9.59 Å². The highest BCUT2D eigenvalue weighted by Gasteiger charge is 2.16. The van der Waals surface area contributed by atoms with Crippen LogP contribution in [0.5, 0.6) is 0 Å². The normalized spacial score (nSPS) is 17.5. The van der Waals surface area contributed by atoms with Crippen LogP contribution < -0.4 is 10.6 Å². The molecule has 1 aromatic carbocycles. The van der Waals surface area contributed by atoms with Crippen molar-refractivity contribution in [3.8, 4) is 0 Å². The first-order valence-corrected chi connectivity index (χ1v) is 7.87. The maximum absolute atomic E-state index is 11.9. The minimum Gasteiger partial charge on any atom is -0.376 e. The predicted octanol–water partition coefficient (Wildman–Crippen LogP) is 1.86. The van der Waals surface area contributed by atoms with Crippen molar-refractivity contribution < 1.29 is 14.3 Å². The lowest BCUT2D eigenvalue weighted by atomic mass is 10.2. The van der Waals surface area contributed by atoms with E-state index >= 15 is 0 Å². The molecule has 0 saturated carbocycles. The van der Waals surface area contributed by atoms with E-state index < -0.39 is 0 Å². The van der Waals surface area contributed by atoms with E-state index in [-0.39, 0.29) is 24.3 Å². The molecule has 1 heterocycles. The number of amides is 2. The summed E-state index contributed by atoms with van der Waals surface area (Å²) in [6.07, 6.45) is 2.47. The fourth-order valence-electron chi connectivity index (χ4n) is 2.15. The molecule has 1 saturated heterocycles. The Bertz CT molecular complexity index is 501. The number of halogens is 1. The summed E-state index contributed by atoms with van der Waals surface area (Å²) in [4.78, 5) is 23.6. The lowest BCUT2D eigenvalue weighted by molar-refractivity contribution is -0.121. The van der Waals surface area contributed by atoms with Crippen molar-refractivity contribution in [2.75, 3.05) is 19.7 Å². The van der Waals surface area contributed by atoms with Crippen LogP contribution in [0.1, 0.15) is 29.6 Å². The lowest BCUT2D eigenvalue weighted by Gasteiger charge is -2.11. The lowest BCUT2D eigenvalue weighted by Crippen LogP contribution is -2.34. The summed E-state index contributed by atoms with van der Waals surface area (Å²) in [5.41, 5.74) is 0.567. The van der Waals surface area contributed by atoms with Gasteiger partial charge >= 0.3 is 0 Å². The molecule has 1 aliphatic heterocycles. The van der Waals surface area contributed by atoms with Gasteiger partial charge in [0.1, 0.15) is 0 Å². The molecular formula is C15H19BrN2O3. The second-order valence-electron chi connectivity index (χ2n) is 4.92. The molecule has 21 heavy (non-hydrogen) atoms. The number of hydrogen-bond acceptors (Lipinski definition) is 3. The average Bonchev–Trinajstić information content (AvgIpc) is 2.99. The summed E-state index contributed by atoms with van der Waals surface area (Å²) in [7, 11) is 0. The van der Waals surface area contributed by atoms with Crippen LogP contribution in [0.4, 0.5) is 0 Å². The van der Waals surface area contributed by atoms with Crippen molar-refractivity contribution >= 4 is 27.7 Å². The van der Waals surface area contributed by atoms with Gasteiger partial charge in [0.15, 0.2) is 0 Å². The summed E-state index contributed by atoms with van der Waals surface area (Å²) < 4.78 is 6.17. The van der Waals surface area contributed by atoms with Crippen LogP contribution in [-0.2, 0) is 9.53 Å². The maximum atomic E-state index is 11.9. The SMILES string of the molecule is O=C(CCNC(=O)c1ccccc1Br)NCC1CCCO1. The first-order valence-electron chi connectivity index (χ1n) is 7.08. The Morgan fingerprint density at radius 2 is 2.10 bits per heavy atom. The Labute approximate surface area is 132 Å². The van der Waals surface area contributed by atoms with Gasteiger partial charge in [0.05, 0.1) is 11.7 Å². The topological polar surface area (TPSA) is 67.4 Å². The summed E-state index contributed by atoms with van der Waals surface area (Å²) in [6, 6.07) is 7.19. The van der Waals surface area contributed by atoms with E-state index in [0.29, 0.717) is 18.7 Å². The third-order valence-corrected chi connectivity index (χ3v) is 4.00. The van der Waals surface area contributed by atoms with Gasteiger partial charge in [-0.1, -0.05) is 12.1 Å². The molecule has 6 heteroatoms. The Morgan fingerprint density at radius 3 is 2.81 bits per heavy atom. The molecule has 1 fully saturated rings. The predicted molar refractivity (Wildman–Crippen MR) is 83.1 cm³/mol. The van der Waals surface area contributed by atoms with E-state index in [1.165, 1.54) is 0 Å². The highest BCUT2D eigenvalue weighted by atomic mass is 79.9. The second-order valence-corrected chi connectivity index (χ2v) is 5.78. The maximum Gasteiger partial charge on any atom is 0.252 e. The number of hydrogen-bond donors (Lipinski definition) is 2. The summed E-state index contributed by atoms with van der Waals surface area (Å²) in [6.45, 7) is 1.65. The highest BCUT2D eigenvalue weighted by Crippen LogP contribution is 2.15. The van der Waals surface area contributed by atoms with Crippen molar-refractivity contribution in [2.45, 2.75) is 25.4 Å². The largest absolute Gasteiger partial charge is 0.376 e. The third kappa shape index (κ3) is 5.13. The second kappa shape index (κ2) is 8.14. The zero-order valence-electron chi connectivity index (χ0n) is 11.7. The van der Waals surface area contributed by atoms with E-state index in [4.69, 9.17) is 4.74 Å². The fourth-order valence-corrected chi connectivity index (χ4v) is 2.62. The van der Waals surface area contributed by atoms with Crippen LogP contribution >= 0.6 is 15.9 Å². The monoisotopic (exact) mass is 354 g/mol. The van der Waals surface area contributed by atoms with E-state index in [1.54, 1.807) is 12.1 Å². The number of nitrogens with one attached hydrogen (secondary N) is 2. The van der Waals surface area contributed by atoms with Crippen molar-refractivity contribution in [3.63, 3.8) is 0 Å². The molecule has 0 aliphatic carbocycles. The van der Waals surface area contributed by atoms with E-state index in [9.17, 15) is 9.59 Å². The zero-order valence-corrected chi connectivity index (χ0v) is 13.3. The van der Waals surface area contributed by atoms with Crippen LogP contribution in [0.25, 0.3) is 0 Å². The molecule has 2 amide bonds. The highest BCUT2D eigenvalue weighted by molar-refractivity contribution is 9.10. The molecular weight excluding hydrogens is 336 g/mol. The van der Waals surface area contributed by atoms with Gasteiger partial charge in [-0.15, -0.1) is 0 Å². The first kappa shape index (κ1) is 16.0. The van der Waals surface area contributed by atoms with E-state index in [1.807, 2.05) is 12.1 Å². The van der Waals surface area contributed by atoms with Gasteiger partial charge in [-0.25, -0.2) is 0 Å². The molecule has 114 valence electrons. The minimum atomic E-state index is -0.186. The minimum absolute atomic E-state index is 0.0714. The molecule has 0 spiro atoms. The van der Waals surface area contributed by atoms with Crippen molar-refractivity contribution in [2.24, 2.45) is 0 Å². The molecule has 1 aromatic rings. The van der Waals surface area contributed by atoms with E-state index in [2.05, 4.69) is 26.6 Å². The fraction of sp³-hybridized carbons (Fsp3) is 0.467. The number of carbonyl (C=O) groups excluding carboxylic acids is 2. The zero-order chi connectivity index (χ0) is 15.1. The van der Waals surface area contributed by atoms with Gasteiger partial charge in [0, 0.05) is 30.6 Å². The van der Waals surface area contributed by atoms with Crippen LogP contribution in [0.15, 0.2) is 28.7 Å². The Balaban J connectivity index is 1.65. The molecule has 5 nitrogen and oxygen atoms in total. The Morgan fingerprint density at radius 1 is 1.29 bits per heavy atom. The Kier molecular flexibility index (Phi) is 6.20. The quantitative estimate of drug-likeness (QED) is 0.819. The van der Waals surface area contributed by atoms with Crippen LogP contribution in [0.3, 0.4) is 0 Å². The molecule has 0 bridgehead atoms. The number of benzene rings is 1. The summed E-state index contributed by atoms with van der Waals surface area (Å²) in [5, 5.41) is 5.56. The molecule has 1 aliphatic rings. The molecule has 0 aromatic heterocycles. The van der Waals surface area contributed by atoms with Crippen LogP contribution in [0.2, 0.25) is 0 Å². The van der Waals surface area contributed by atoms with Crippen molar-refractivity contribution in [1.29, 1.82) is 0 Å². The van der Waals surface area contributed by atoms with Crippen LogP contribution in [-0.4, -0.2) is 37.6 Å². The summed E-state index contributed by atoms with van der Waals surface area (Å²) in [5.74, 6) is -0.257. The smallest absolute Gasteiger partial charge is 0.252 e. The number of ether oxygens (including phenoxy) is 1. The van der Waals surface area contributed by atoms with Crippen molar-refractivity contribution in [3.05, 3.63) is 34.3 Å². The van der Waals surface area contributed by atoms with Crippen molar-refractivity contribution in [1.82, 2.24) is 10.6 Å². The number of rotatable bonds is 6. The Hall–Kier alpha value is -1.40. The van der Waals surface area contributed by atoms with Gasteiger partial charge in [0.25, 0.3) is 5.91 Å². The molecule has 2 N–H and O–H groups in total. The standard InChI is InChI=1S/C15H19BrN2O3/c16-13-6-2-1-5-12(13)15(20)17-8-7-14(19)18-10-11-4-3-9-21-11/h1-2,5-6,11H,3-4,7-10H2,(H,17,20)(H,18,19). The molecule has 1 unspecified atom stereocenters. The van der Waals surface area contributed by atoms with Gasteiger partial charge in [-0.2, -0.15) is 0 Å². The molecule has 0 radical (unpaired) electrons. The summed E-state index contributed by atoms with van der Waals surface area (Å²) >= 11 is 3.33. The average molecular weight is 355 g/mol. The van der Waals surface area contributed by atoms with E-state index in [0.717, 1.165) is 23.9 Å². The molecule has 2 rings (SSSR count). The third-order valence-electron chi connectivity index (χ3n) is 3.31. The molecule has 1 atom stereocenters. The van der Waals surface area contributed by atoms with Gasteiger partial charge in [-0.05, 0) is 40.9 Å². The van der Waals surface area contributed by atoms with Gasteiger partial charge < -0.3 is 15.4 Å².